The van der Waals surface area contributed by atoms with Crippen LogP contribution < -0.4 is 0 Å². The number of hydrogen-bond acceptors (Lipinski definition) is 2. The van der Waals surface area contributed by atoms with Gasteiger partial charge in [0.05, 0.1) is 5.52 Å². The number of nitrogens with zero attached hydrogens (tertiary/aromatic N) is 2. The van der Waals surface area contributed by atoms with Gasteiger partial charge in [-0.25, -0.2) is 0 Å². The highest BCUT2D eigenvalue weighted by Gasteiger charge is 2.33. The van der Waals surface area contributed by atoms with Crippen molar-refractivity contribution >= 4 is 16.7 Å². The highest BCUT2D eigenvalue weighted by Crippen LogP contribution is 2.34. The van der Waals surface area contributed by atoms with E-state index in [4.69, 9.17) is 0 Å². The smallest absolute Gasteiger partial charge is 0.186 e. The van der Waals surface area contributed by atoms with Crippen LogP contribution in [0.2, 0.25) is 0 Å². The fraction of sp³-hybridized carbons (Fsp3) is 0.333. The predicted molar refractivity (Wildman–Crippen MR) is 57.8 cm³/mol. The topological polar surface area (TPSA) is 34.9 Å². The van der Waals surface area contributed by atoms with Crippen molar-refractivity contribution in [3.05, 3.63) is 30.0 Å². The van der Waals surface area contributed by atoms with Gasteiger partial charge < -0.3 is 0 Å². The molecule has 1 aromatic heterocycles. The summed E-state index contributed by atoms with van der Waals surface area (Å²) < 4.78 is 1.78. The SMILES string of the molecule is Cn1nc(C(=O)C2CC2)c2ccccc21. The van der Waals surface area contributed by atoms with Crippen LogP contribution in [0.1, 0.15) is 23.3 Å². The number of ketones is 1. The van der Waals surface area contributed by atoms with Crippen molar-refractivity contribution in [2.45, 2.75) is 12.8 Å². The zero-order chi connectivity index (χ0) is 10.4. The molecule has 0 aliphatic heterocycles. The van der Waals surface area contributed by atoms with Crippen LogP contribution in [0.3, 0.4) is 0 Å². The minimum atomic E-state index is 0.215. The van der Waals surface area contributed by atoms with Crippen LogP contribution in [0.25, 0.3) is 10.9 Å². The van der Waals surface area contributed by atoms with E-state index in [1.807, 2.05) is 31.3 Å². The highest BCUT2D eigenvalue weighted by molar-refractivity contribution is 6.07. The van der Waals surface area contributed by atoms with Crippen molar-refractivity contribution in [2.75, 3.05) is 0 Å². The number of aryl methyl sites for hydroxylation is 1. The van der Waals surface area contributed by atoms with E-state index in [1.165, 1.54) is 0 Å². The van der Waals surface area contributed by atoms with E-state index in [2.05, 4.69) is 5.10 Å². The van der Waals surface area contributed by atoms with Crippen LogP contribution in [0.5, 0.6) is 0 Å². The fourth-order valence-corrected chi connectivity index (χ4v) is 1.93. The number of fused-ring (bicyclic) bond motifs is 1. The lowest BCUT2D eigenvalue weighted by molar-refractivity contribution is 0.0963. The number of benzene rings is 1. The molecule has 3 heteroatoms. The first-order valence-electron chi connectivity index (χ1n) is 5.23. The second-order valence-corrected chi connectivity index (χ2v) is 4.13. The van der Waals surface area contributed by atoms with Crippen molar-refractivity contribution in [1.29, 1.82) is 0 Å². The molecule has 0 saturated heterocycles. The fourth-order valence-electron chi connectivity index (χ4n) is 1.93. The molecule has 0 amide bonds. The zero-order valence-electron chi connectivity index (χ0n) is 8.60. The highest BCUT2D eigenvalue weighted by atomic mass is 16.1. The molecule has 1 saturated carbocycles. The largest absolute Gasteiger partial charge is 0.292 e. The van der Waals surface area contributed by atoms with Gasteiger partial charge in [-0.05, 0) is 18.9 Å². The Balaban J connectivity index is 2.21. The molecule has 0 spiro atoms. The summed E-state index contributed by atoms with van der Waals surface area (Å²) in [6.07, 6.45) is 2.06. The van der Waals surface area contributed by atoms with E-state index in [1.54, 1.807) is 4.68 Å². The molecule has 0 bridgehead atoms. The molecule has 0 atom stereocenters. The molecular weight excluding hydrogens is 188 g/mol. The van der Waals surface area contributed by atoms with Gasteiger partial charge in [-0.2, -0.15) is 5.10 Å². The Labute approximate surface area is 87.7 Å². The maximum Gasteiger partial charge on any atom is 0.186 e. The molecule has 1 aliphatic rings. The van der Waals surface area contributed by atoms with E-state index in [9.17, 15) is 4.79 Å². The van der Waals surface area contributed by atoms with Crippen molar-refractivity contribution in [3.8, 4) is 0 Å². The molecule has 76 valence electrons. The maximum atomic E-state index is 12.0. The number of Topliss-reactive ketones (excluding diaryl/α,β-unsaturated/α-hetero) is 1. The van der Waals surface area contributed by atoms with Crippen molar-refractivity contribution in [1.82, 2.24) is 9.78 Å². The number of para-hydroxylation sites is 1. The minimum absolute atomic E-state index is 0.215. The molecule has 1 fully saturated rings. The van der Waals surface area contributed by atoms with Crippen LogP contribution in [-0.2, 0) is 7.05 Å². The lowest BCUT2D eigenvalue weighted by atomic mass is 10.1. The van der Waals surface area contributed by atoms with Gasteiger partial charge in [0.15, 0.2) is 5.78 Å². The third-order valence-corrected chi connectivity index (χ3v) is 2.94. The Bertz CT molecular complexity index is 538. The summed E-state index contributed by atoms with van der Waals surface area (Å²) in [5, 5.41) is 5.30. The first kappa shape index (κ1) is 8.65. The molecule has 1 aliphatic carbocycles. The van der Waals surface area contributed by atoms with Crippen LogP contribution in [-0.4, -0.2) is 15.6 Å². The van der Waals surface area contributed by atoms with Crippen molar-refractivity contribution in [3.63, 3.8) is 0 Å². The lowest BCUT2D eigenvalue weighted by Gasteiger charge is -1.92. The number of carbonyl (C=O) groups excluding carboxylic acids is 1. The van der Waals surface area contributed by atoms with E-state index >= 15 is 0 Å². The Morgan fingerprint density at radius 1 is 1.40 bits per heavy atom. The number of hydrogen-bond donors (Lipinski definition) is 0. The summed E-state index contributed by atoms with van der Waals surface area (Å²) in [4.78, 5) is 12.0. The van der Waals surface area contributed by atoms with E-state index in [-0.39, 0.29) is 11.7 Å². The van der Waals surface area contributed by atoms with Crippen molar-refractivity contribution < 1.29 is 4.79 Å². The molecule has 0 unspecified atom stereocenters. The van der Waals surface area contributed by atoms with Gasteiger partial charge in [0.2, 0.25) is 0 Å². The normalized spacial score (nSPS) is 15.8. The summed E-state index contributed by atoms with van der Waals surface area (Å²) in [6.45, 7) is 0. The number of rotatable bonds is 2. The standard InChI is InChI=1S/C12H12N2O/c1-14-10-5-3-2-4-9(10)11(13-14)12(15)8-6-7-8/h2-5,8H,6-7H2,1H3. The van der Waals surface area contributed by atoms with Crippen LogP contribution >= 0.6 is 0 Å². The summed E-state index contributed by atoms with van der Waals surface area (Å²) >= 11 is 0. The second kappa shape index (κ2) is 2.92. The summed E-state index contributed by atoms with van der Waals surface area (Å²) in [5.74, 6) is 0.454. The summed E-state index contributed by atoms with van der Waals surface area (Å²) in [6, 6.07) is 7.88. The molecule has 15 heavy (non-hydrogen) atoms. The Kier molecular flexibility index (Phi) is 1.69. The minimum Gasteiger partial charge on any atom is -0.292 e. The lowest BCUT2D eigenvalue weighted by Crippen LogP contribution is -2.03. The first-order chi connectivity index (χ1) is 7.27. The average Bonchev–Trinajstić information content (AvgIpc) is 3.04. The maximum absolute atomic E-state index is 12.0. The molecule has 3 rings (SSSR count). The van der Waals surface area contributed by atoms with E-state index in [0.717, 1.165) is 23.7 Å². The third kappa shape index (κ3) is 1.27. The summed E-state index contributed by atoms with van der Waals surface area (Å²) in [7, 11) is 1.88. The molecule has 0 radical (unpaired) electrons. The van der Waals surface area contributed by atoms with Crippen LogP contribution in [0.4, 0.5) is 0 Å². The van der Waals surface area contributed by atoms with Crippen LogP contribution in [0.15, 0.2) is 24.3 Å². The molecule has 0 N–H and O–H groups in total. The van der Waals surface area contributed by atoms with Crippen molar-refractivity contribution in [2.24, 2.45) is 13.0 Å². The Morgan fingerprint density at radius 2 is 2.13 bits per heavy atom. The van der Waals surface area contributed by atoms with E-state index in [0.29, 0.717) is 5.69 Å². The van der Waals surface area contributed by atoms with Gasteiger partial charge in [0.1, 0.15) is 5.69 Å². The Morgan fingerprint density at radius 3 is 2.87 bits per heavy atom. The van der Waals surface area contributed by atoms with Crippen LogP contribution in [0, 0.1) is 5.92 Å². The number of carbonyl (C=O) groups is 1. The molecule has 1 heterocycles. The monoisotopic (exact) mass is 200 g/mol. The first-order valence-corrected chi connectivity index (χ1v) is 5.23. The molecular formula is C12H12N2O. The van der Waals surface area contributed by atoms with Gasteiger partial charge >= 0.3 is 0 Å². The van der Waals surface area contributed by atoms with E-state index < -0.39 is 0 Å². The second-order valence-electron chi connectivity index (χ2n) is 4.13. The Hall–Kier alpha value is -1.64. The third-order valence-electron chi connectivity index (χ3n) is 2.94. The average molecular weight is 200 g/mol. The number of aromatic nitrogens is 2. The molecule has 1 aromatic carbocycles. The van der Waals surface area contributed by atoms with Gasteiger partial charge in [0.25, 0.3) is 0 Å². The summed E-state index contributed by atoms with van der Waals surface area (Å²) in [5.41, 5.74) is 1.68. The predicted octanol–water partition coefficient (Wildman–Crippen LogP) is 2.17. The van der Waals surface area contributed by atoms with Gasteiger partial charge in [-0.15, -0.1) is 0 Å². The van der Waals surface area contributed by atoms with Gasteiger partial charge in [0, 0.05) is 18.4 Å². The quantitative estimate of drug-likeness (QED) is 0.696. The molecule has 3 nitrogen and oxygen atoms in total. The zero-order valence-corrected chi connectivity index (χ0v) is 8.60. The molecule has 2 aromatic rings. The van der Waals surface area contributed by atoms with Gasteiger partial charge in [-0.1, -0.05) is 18.2 Å². The van der Waals surface area contributed by atoms with Gasteiger partial charge in [-0.3, -0.25) is 9.48 Å².